The molecule has 1 aliphatic rings. The molecule has 5 nitrogen and oxygen atoms in total. The molecule has 0 aliphatic carbocycles. The van der Waals surface area contributed by atoms with Gasteiger partial charge in [-0.25, -0.2) is 4.79 Å². The fourth-order valence-corrected chi connectivity index (χ4v) is 1.66. The van der Waals surface area contributed by atoms with Crippen molar-refractivity contribution in [1.82, 2.24) is 10.2 Å². The van der Waals surface area contributed by atoms with Gasteiger partial charge >= 0.3 is 6.09 Å². The topological polar surface area (TPSA) is 58.6 Å². The second-order valence-electron chi connectivity index (χ2n) is 4.38. The van der Waals surface area contributed by atoms with Gasteiger partial charge in [0.1, 0.15) is 6.04 Å². The minimum absolute atomic E-state index is 0.0877. The lowest BCUT2D eigenvalue weighted by Crippen LogP contribution is -2.57. The van der Waals surface area contributed by atoms with Crippen molar-refractivity contribution in [1.29, 1.82) is 0 Å². The maximum absolute atomic E-state index is 11.7. The summed E-state index contributed by atoms with van der Waals surface area (Å²) < 4.78 is 5.13. The van der Waals surface area contributed by atoms with Crippen molar-refractivity contribution in [3.8, 4) is 0 Å². The molecule has 1 aliphatic heterocycles. The number of piperazine rings is 1. The van der Waals surface area contributed by atoms with Gasteiger partial charge in [0.2, 0.25) is 5.91 Å². The van der Waals surface area contributed by atoms with Gasteiger partial charge in [0.25, 0.3) is 0 Å². The molecule has 0 aromatic rings. The summed E-state index contributed by atoms with van der Waals surface area (Å²) in [5, 5.41) is 2.74. The monoisotopic (exact) mass is 228 g/mol. The van der Waals surface area contributed by atoms with E-state index in [2.05, 4.69) is 5.32 Å². The Morgan fingerprint density at radius 3 is 2.88 bits per heavy atom. The number of amides is 2. The van der Waals surface area contributed by atoms with Gasteiger partial charge in [-0.15, -0.1) is 0 Å². The number of carbonyl (C=O) groups is 2. The number of hydrogen-bond acceptors (Lipinski definition) is 3. The van der Waals surface area contributed by atoms with Crippen molar-refractivity contribution in [3.63, 3.8) is 0 Å². The van der Waals surface area contributed by atoms with Crippen molar-refractivity contribution in [2.24, 2.45) is 5.92 Å². The predicted molar refractivity (Wildman–Crippen MR) is 60.0 cm³/mol. The zero-order valence-corrected chi connectivity index (χ0v) is 10.2. The van der Waals surface area contributed by atoms with Gasteiger partial charge < -0.3 is 10.1 Å². The van der Waals surface area contributed by atoms with E-state index in [0.29, 0.717) is 32.0 Å². The predicted octanol–water partition coefficient (Wildman–Crippen LogP) is 0.989. The van der Waals surface area contributed by atoms with Crippen LogP contribution in [0.4, 0.5) is 4.79 Å². The minimum Gasteiger partial charge on any atom is -0.449 e. The molecule has 0 aromatic heterocycles. The Balaban J connectivity index is 2.55. The number of rotatable bonds is 3. The molecule has 1 heterocycles. The van der Waals surface area contributed by atoms with Gasteiger partial charge in [0.15, 0.2) is 0 Å². The number of nitrogens with zero attached hydrogens (tertiary/aromatic N) is 1. The third kappa shape index (κ3) is 3.12. The van der Waals surface area contributed by atoms with Crippen molar-refractivity contribution < 1.29 is 14.3 Å². The normalized spacial score (nSPS) is 20.9. The van der Waals surface area contributed by atoms with E-state index in [1.165, 1.54) is 4.90 Å². The van der Waals surface area contributed by atoms with Crippen LogP contribution in [-0.4, -0.2) is 42.6 Å². The van der Waals surface area contributed by atoms with Crippen LogP contribution in [-0.2, 0) is 9.53 Å². The van der Waals surface area contributed by atoms with E-state index < -0.39 is 0 Å². The van der Waals surface area contributed by atoms with Gasteiger partial charge in [-0.05, 0) is 12.3 Å². The fourth-order valence-electron chi connectivity index (χ4n) is 1.66. The Morgan fingerprint density at radius 1 is 1.62 bits per heavy atom. The number of carbonyl (C=O) groups excluding carboxylic acids is 2. The third-order valence-corrected chi connectivity index (χ3v) is 2.49. The Morgan fingerprint density at radius 2 is 2.31 bits per heavy atom. The summed E-state index contributed by atoms with van der Waals surface area (Å²) in [5.74, 6) is 0.220. The molecule has 2 amide bonds. The third-order valence-electron chi connectivity index (χ3n) is 2.49. The molecule has 0 spiro atoms. The van der Waals surface area contributed by atoms with E-state index in [0.717, 1.165) is 0 Å². The molecule has 0 bridgehead atoms. The van der Waals surface area contributed by atoms with Crippen molar-refractivity contribution in [3.05, 3.63) is 0 Å². The Kier molecular flexibility index (Phi) is 4.58. The summed E-state index contributed by atoms with van der Waals surface area (Å²) in [6.07, 6.45) is 0.234. The van der Waals surface area contributed by atoms with Crippen LogP contribution in [0.5, 0.6) is 0 Å². The second kappa shape index (κ2) is 5.72. The van der Waals surface area contributed by atoms with Crippen LogP contribution in [0.2, 0.25) is 0 Å². The van der Waals surface area contributed by atoms with Crippen LogP contribution in [0.15, 0.2) is 0 Å². The average Bonchev–Trinajstić information content (AvgIpc) is 2.25. The number of hydrogen-bond donors (Lipinski definition) is 1. The molecule has 1 N–H and O–H groups in total. The van der Waals surface area contributed by atoms with Crippen LogP contribution in [0.3, 0.4) is 0 Å². The summed E-state index contributed by atoms with van der Waals surface area (Å²) >= 11 is 0. The Bertz CT molecular complexity index is 266. The summed E-state index contributed by atoms with van der Waals surface area (Å²) in [7, 11) is 0. The summed E-state index contributed by atoms with van der Waals surface area (Å²) in [4.78, 5) is 24.8. The molecular weight excluding hydrogens is 208 g/mol. The first-order valence-electron chi connectivity index (χ1n) is 5.77. The lowest BCUT2D eigenvalue weighted by Gasteiger charge is -2.33. The maximum atomic E-state index is 11.7. The molecule has 1 unspecified atom stereocenters. The van der Waals surface area contributed by atoms with Gasteiger partial charge in [0.05, 0.1) is 6.61 Å². The van der Waals surface area contributed by atoms with Crippen molar-refractivity contribution >= 4 is 12.0 Å². The van der Waals surface area contributed by atoms with E-state index in [-0.39, 0.29) is 18.0 Å². The maximum Gasteiger partial charge on any atom is 0.410 e. The zero-order valence-electron chi connectivity index (χ0n) is 10.2. The van der Waals surface area contributed by atoms with Gasteiger partial charge in [-0.2, -0.15) is 0 Å². The lowest BCUT2D eigenvalue weighted by molar-refractivity contribution is -0.128. The van der Waals surface area contributed by atoms with E-state index in [1.54, 1.807) is 0 Å². The molecule has 1 saturated heterocycles. The summed E-state index contributed by atoms with van der Waals surface area (Å²) in [5.41, 5.74) is 0. The molecular formula is C11H20N2O3. The summed E-state index contributed by atoms with van der Waals surface area (Å²) in [6, 6.07) is -0.381. The molecule has 5 heteroatoms. The van der Waals surface area contributed by atoms with Gasteiger partial charge in [-0.1, -0.05) is 20.8 Å². The molecule has 1 rings (SSSR count). The average molecular weight is 228 g/mol. The summed E-state index contributed by atoms with van der Waals surface area (Å²) in [6.45, 7) is 7.28. The second-order valence-corrected chi connectivity index (χ2v) is 4.38. The highest BCUT2D eigenvalue weighted by Crippen LogP contribution is 2.10. The molecule has 1 fully saturated rings. The van der Waals surface area contributed by atoms with Crippen LogP contribution in [0.25, 0.3) is 0 Å². The highest BCUT2D eigenvalue weighted by atomic mass is 16.6. The van der Waals surface area contributed by atoms with Crippen LogP contribution in [0, 0.1) is 5.92 Å². The first-order valence-corrected chi connectivity index (χ1v) is 5.77. The fraction of sp³-hybridized carbons (Fsp3) is 0.818. The van der Waals surface area contributed by atoms with Crippen LogP contribution >= 0.6 is 0 Å². The van der Waals surface area contributed by atoms with E-state index in [9.17, 15) is 9.59 Å². The molecule has 0 radical (unpaired) electrons. The van der Waals surface area contributed by atoms with E-state index in [4.69, 9.17) is 4.74 Å². The standard InChI is InChI=1S/C11H20N2O3/c1-4-9-10(14)12-5-6-13(9)11(15)16-7-8(2)3/h8-9H,4-7H2,1-3H3,(H,12,14). The molecule has 16 heavy (non-hydrogen) atoms. The molecule has 1 atom stereocenters. The largest absolute Gasteiger partial charge is 0.449 e. The van der Waals surface area contributed by atoms with Crippen molar-refractivity contribution in [2.45, 2.75) is 33.2 Å². The minimum atomic E-state index is -0.381. The van der Waals surface area contributed by atoms with Crippen molar-refractivity contribution in [2.75, 3.05) is 19.7 Å². The smallest absolute Gasteiger partial charge is 0.410 e. The van der Waals surface area contributed by atoms with Gasteiger partial charge in [0, 0.05) is 13.1 Å². The Labute approximate surface area is 96.1 Å². The highest BCUT2D eigenvalue weighted by Gasteiger charge is 2.32. The Hall–Kier alpha value is -1.26. The molecule has 0 aromatic carbocycles. The van der Waals surface area contributed by atoms with Crippen LogP contribution in [0.1, 0.15) is 27.2 Å². The van der Waals surface area contributed by atoms with Gasteiger partial charge in [-0.3, -0.25) is 9.69 Å². The number of nitrogens with one attached hydrogen (secondary N) is 1. The SMILES string of the molecule is CCC1C(=O)NCCN1C(=O)OCC(C)C. The van der Waals surface area contributed by atoms with E-state index in [1.807, 2.05) is 20.8 Å². The lowest BCUT2D eigenvalue weighted by atomic mass is 10.1. The van der Waals surface area contributed by atoms with Crippen LogP contribution < -0.4 is 5.32 Å². The quantitative estimate of drug-likeness (QED) is 0.783. The van der Waals surface area contributed by atoms with E-state index >= 15 is 0 Å². The first kappa shape index (κ1) is 12.8. The highest BCUT2D eigenvalue weighted by molar-refractivity contribution is 5.86. The number of ether oxygens (including phenoxy) is 1. The molecule has 92 valence electrons. The molecule has 0 saturated carbocycles. The zero-order chi connectivity index (χ0) is 12.1. The first-order chi connectivity index (χ1) is 7.56.